The van der Waals surface area contributed by atoms with E-state index in [-0.39, 0.29) is 5.91 Å². The molecule has 1 aliphatic heterocycles. The Balaban J connectivity index is 1.73. The molecule has 0 aliphatic carbocycles. The lowest BCUT2D eigenvalue weighted by atomic mass is 10.2. The summed E-state index contributed by atoms with van der Waals surface area (Å²) < 4.78 is 0. The van der Waals surface area contributed by atoms with Gasteiger partial charge in [0.2, 0.25) is 5.91 Å². The number of carbonyl (C=O) groups is 1. The molecular formula is C17H27N3O. The fourth-order valence-electron chi connectivity index (χ4n) is 2.55. The predicted octanol–water partition coefficient (Wildman–Crippen LogP) is 2.86. The van der Waals surface area contributed by atoms with Gasteiger partial charge in [-0.1, -0.05) is 13.8 Å². The van der Waals surface area contributed by atoms with Gasteiger partial charge in [0, 0.05) is 37.4 Å². The van der Waals surface area contributed by atoms with Crippen molar-refractivity contribution in [3.8, 4) is 0 Å². The molecule has 1 aromatic carbocycles. The van der Waals surface area contributed by atoms with E-state index in [1.807, 2.05) is 12.1 Å². The fraction of sp³-hybridized carbons (Fsp3) is 0.588. The summed E-state index contributed by atoms with van der Waals surface area (Å²) in [6, 6.07) is 8.18. The minimum atomic E-state index is 0.0696. The highest BCUT2D eigenvalue weighted by atomic mass is 16.1. The smallest absolute Gasteiger partial charge is 0.225 e. The minimum Gasteiger partial charge on any atom is -0.372 e. The van der Waals surface area contributed by atoms with Crippen LogP contribution in [-0.2, 0) is 4.79 Å². The van der Waals surface area contributed by atoms with Crippen molar-refractivity contribution in [1.82, 2.24) is 5.32 Å². The number of benzene rings is 1. The number of nitrogens with zero attached hydrogens (tertiary/aromatic N) is 1. The summed E-state index contributed by atoms with van der Waals surface area (Å²) >= 11 is 0. The lowest BCUT2D eigenvalue weighted by Gasteiger charge is -2.17. The van der Waals surface area contributed by atoms with Gasteiger partial charge in [-0.25, -0.2) is 0 Å². The quantitative estimate of drug-likeness (QED) is 0.759. The molecule has 0 unspecified atom stereocenters. The molecule has 116 valence electrons. The second-order valence-corrected chi connectivity index (χ2v) is 6.14. The summed E-state index contributed by atoms with van der Waals surface area (Å²) in [6.45, 7) is 8.30. The van der Waals surface area contributed by atoms with E-state index in [1.54, 1.807) is 0 Å². The number of amides is 1. The molecule has 21 heavy (non-hydrogen) atoms. The van der Waals surface area contributed by atoms with Gasteiger partial charge in [-0.2, -0.15) is 0 Å². The second kappa shape index (κ2) is 8.03. The van der Waals surface area contributed by atoms with Crippen LogP contribution < -0.4 is 15.5 Å². The first-order valence-corrected chi connectivity index (χ1v) is 8.01. The Labute approximate surface area is 127 Å². The molecule has 1 fully saturated rings. The molecule has 2 rings (SSSR count). The van der Waals surface area contributed by atoms with Gasteiger partial charge >= 0.3 is 0 Å². The van der Waals surface area contributed by atoms with Crippen molar-refractivity contribution in [3.63, 3.8) is 0 Å². The van der Waals surface area contributed by atoms with Crippen LogP contribution in [0.2, 0.25) is 0 Å². The van der Waals surface area contributed by atoms with E-state index >= 15 is 0 Å². The van der Waals surface area contributed by atoms with Crippen LogP contribution >= 0.6 is 0 Å². The zero-order valence-corrected chi connectivity index (χ0v) is 13.2. The number of hydrogen-bond acceptors (Lipinski definition) is 3. The van der Waals surface area contributed by atoms with Crippen LogP contribution in [0.3, 0.4) is 0 Å². The van der Waals surface area contributed by atoms with E-state index in [9.17, 15) is 4.79 Å². The molecule has 1 aliphatic rings. The molecular weight excluding hydrogens is 262 g/mol. The van der Waals surface area contributed by atoms with Gasteiger partial charge in [-0.15, -0.1) is 0 Å². The normalized spacial score (nSPS) is 14.7. The molecule has 0 radical (unpaired) electrons. The van der Waals surface area contributed by atoms with Crippen LogP contribution in [0.1, 0.15) is 33.1 Å². The molecule has 0 bridgehead atoms. The third kappa shape index (κ3) is 5.38. The van der Waals surface area contributed by atoms with Gasteiger partial charge in [0.1, 0.15) is 0 Å². The average molecular weight is 289 g/mol. The topological polar surface area (TPSA) is 44.4 Å². The third-order valence-corrected chi connectivity index (χ3v) is 3.70. The molecule has 1 aromatic rings. The summed E-state index contributed by atoms with van der Waals surface area (Å²) in [5.41, 5.74) is 2.14. The predicted molar refractivity (Wildman–Crippen MR) is 88.8 cm³/mol. The van der Waals surface area contributed by atoms with Gasteiger partial charge < -0.3 is 15.5 Å². The van der Waals surface area contributed by atoms with Gasteiger partial charge in [0.25, 0.3) is 0 Å². The highest BCUT2D eigenvalue weighted by Crippen LogP contribution is 2.21. The Hall–Kier alpha value is -1.55. The van der Waals surface area contributed by atoms with Crippen LogP contribution in [0, 0.1) is 5.92 Å². The number of rotatable bonds is 7. The zero-order chi connectivity index (χ0) is 15.1. The third-order valence-electron chi connectivity index (χ3n) is 3.70. The van der Waals surface area contributed by atoms with Gasteiger partial charge in [0.15, 0.2) is 0 Å². The maximum atomic E-state index is 11.8. The Morgan fingerprint density at radius 1 is 1.19 bits per heavy atom. The van der Waals surface area contributed by atoms with E-state index in [0.29, 0.717) is 12.3 Å². The maximum Gasteiger partial charge on any atom is 0.225 e. The Morgan fingerprint density at radius 3 is 2.48 bits per heavy atom. The highest BCUT2D eigenvalue weighted by Gasteiger charge is 2.12. The van der Waals surface area contributed by atoms with Crippen molar-refractivity contribution in [2.75, 3.05) is 36.4 Å². The minimum absolute atomic E-state index is 0.0696. The van der Waals surface area contributed by atoms with Crippen molar-refractivity contribution in [2.24, 2.45) is 5.92 Å². The first-order valence-electron chi connectivity index (χ1n) is 8.01. The molecule has 1 amide bonds. The molecule has 2 N–H and O–H groups in total. The zero-order valence-electron chi connectivity index (χ0n) is 13.2. The van der Waals surface area contributed by atoms with Crippen LogP contribution in [0.4, 0.5) is 11.4 Å². The second-order valence-electron chi connectivity index (χ2n) is 6.14. The van der Waals surface area contributed by atoms with Crippen molar-refractivity contribution >= 4 is 17.3 Å². The number of anilines is 2. The summed E-state index contributed by atoms with van der Waals surface area (Å²) in [4.78, 5) is 14.2. The first-order chi connectivity index (χ1) is 10.1. The van der Waals surface area contributed by atoms with E-state index in [4.69, 9.17) is 0 Å². The van der Waals surface area contributed by atoms with E-state index in [0.717, 1.165) is 31.9 Å². The molecule has 4 heteroatoms. The lowest BCUT2D eigenvalue weighted by molar-refractivity contribution is -0.116. The number of hydrogen-bond donors (Lipinski definition) is 2. The van der Waals surface area contributed by atoms with Gasteiger partial charge in [0.05, 0.1) is 0 Å². The summed E-state index contributed by atoms with van der Waals surface area (Å²) in [6.07, 6.45) is 3.07. The van der Waals surface area contributed by atoms with Crippen molar-refractivity contribution in [1.29, 1.82) is 0 Å². The van der Waals surface area contributed by atoms with Crippen LogP contribution in [-0.4, -0.2) is 32.1 Å². The fourth-order valence-corrected chi connectivity index (χ4v) is 2.55. The molecule has 1 saturated heterocycles. The number of nitrogens with one attached hydrogen (secondary N) is 2. The SMILES string of the molecule is CC(C)CNCCC(=O)Nc1ccc(N2CCCC2)cc1. The van der Waals surface area contributed by atoms with E-state index < -0.39 is 0 Å². The number of carbonyl (C=O) groups excluding carboxylic acids is 1. The molecule has 0 spiro atoms. The highest BCUT2D eigenvalue weighted by molar-refractivity contribution is 5.91. The summed E-state index contributed by atoms with van der Waals surface area (Å²) in [5, 5.41) is 6.23. The van der Waals surface area contributed by atoms with Crippen LogP contribution in [0.15, 0.2) is 24.3 Å². The van der Waals surface area contributed by atoms with Crippen molar-refractivity contribution in [3.05, 3.63) is 24.3 Å². The lowest BCUT2D eigenvalue weighted by Crippen LogP contribution is -2.25. The summed E-state index contributed by atoms with van der Waals surface area (Å²) in [5.74, 6) is 0.686. The van der Waals surface area contributed by atoms with Crippen LogP contribution in [0.5, 0.6) is 0 Å². The van der Waals surface area contributed by atoms with Gasteiger partial charge in [-0.3, -0.25) is 4.79 Å². The Bertz CT molecular complexity index is 436. The van der Waals surface area contributed by atoms with Crippen LogP contribution in [0.25, 0.3) is 0 Å². The maximum absolute atomic E-state index is 11.8. The Kier molecular flexibility index (Phi) is 6.05. The standard InChI is InChI=1S/C17H27N3O/c1-14(2)13-18-10-9-17(21)19-15-5-7-16(8-6-15)20-11-3-4-12-20/h5-8,14,18H,3-4,9-13H2,1-2H3,(H,19,21). The van der Waals surface area contributed by atoms with Crippen molar-refractivity contribution < 1.29 is 4.79 Å². The molecule has 0 saturated carbocycles. The van der Waals surface area contributed by atoms with E-state index in [2.05, 4.69) is 41.5 Å². The monoisotopic (exact) mass is 289 g/mol. The largest absolute Gasteiger partial charge is 0.372 e. The Morgan fingerprint density at radius 2 is 1.86 bits per heavy atom. The molecule has 4 nitrogen and oxygen atoms in total. The molecule has 1 heterocycles. The van der Waals surface area contributed by atoms with E-state index in [1.165, 1.54) is 18.5 Å². The summed E-state index contributed by atoms with van der Waals surface area (Å²) in [7, 11) is 0. The molecule has 0 atom stereocenters. The van der Waals surface area contributed by atoms with Crippen molar-refractivity contribution in [2.45, 2.75) is 33.1 Å². The van der Waals surface area contributed by atoms with Gasteiger partial charge in [-0.05, 0) is 49.6 Å². The first kappa shape index (κ1) is 15.8. The molecule has 0 aromatic heterocycles. The average Bonchev–Trinajstić information content (AvgIpc) is 2.98.